The lowest BCUT2D eigenvalue weighted by Crippen LogP contribution is -2.29. The summed E-state index contributed by atoms with van der Waals surface area (Å²) in [6.07, 6.45) is 1.49. The molecule has 18 heavy (non-hydrogen) atoms. The topological polar surface area (TPSA) is 69.4 Å². The molecule has 6 heteroatoms. The average molecular weight is 272 g/mol. The van der Waals surface area contributed by atoms with Gasteiger partial charge in [0, 0.05) is 6.08 Å². The minimum atomic E-state index is -1.00. The van der Waals surface area contributed by atoms with Gasteiger partial charge in [0.05, 0.1) is 5.02 Å². The van der Waals surface area contributed by atoms with E-state index >= 15 is 0 Å². The number of esters is 1. The van der Waals surface area contributed by atoms with Crippen molar-refractivity contribution in [2.75, 3.05) is 0 Å². The lowest BCUT2D eigenvalue weighted by molar-refractivity contribution is -0.148. The minimum Gasteiger partial charge on any atom is -0.449 e. The Bertz CT molecular complexity index is 502. The smallest absolute Gasteiger partial charge is 0.331 e. The van der Waals surface area contributed by atoms with E-state index in [0.717, 1.165) is 6.08 Å². The van der Waals surface area contributed by atoms with Crippen LogP contribution in [0, 0.1) is 5.82 Å². The lowest BCUT2D eigenvalue weighted by atomic mass is 10.2. The Morgan fingerprint density at radius 2 is 2.17 bits per heavy atom. The maximum Gasteiger partial charge on any atom is 0.331 e. The van der Waals surface area contributed by atoms with Crippen LogP contribution in [0.25, 0.3) is 6.08 Å². The van der Waals surface area contributed by atoms with Gasteiger partial charge in [0.2, 0.25) is 0 Å². The first-order valence-corrected chi connectivity index (χ1v) is 5.41. The molecule has 0 unspecified atom stereocenters. The van der Waals surface area contributed by atoms with Crippen molar-refractivity contribution in [2.45, 2.75) is 13.0 Å². The van der Waals surface area contributed by atoms with Gasteiger partial charge in [0.15, 0.2) is 6.10 Å². The second-order valence-electron chi connectivity index (χ2n) is 3.49. The number of carbonyl (C=O) groups is 2. The zero-order valence-electron chi connectivity index (χ0n) is 9.52. The average Bonchev–Trinajstić information content (AvgIpc) is 2.30. The molecule has 96 valence electrons. The molecule has 0 radical (unpaired) electrons. The van der Waals surface area contributed by atoms with Gasteiger partial charge in [-0.15, -0.1) is 0 Å². The molecule has 0 saturated carbocycles. The highest BCUT2D eigenvalue weighted by molar-refractivity contribution is 6.30. The van der Waals surface area contributed by atoms with Crippen LogP contribution in [0.2, 0.25) is 5.02 Å². The number of amides is 1. The Morgan fingerprint density at radius 1 is 1.50 bits per heavy atom. The van der Waals surface area contributed by atoms with Crippen LogP contribution in [0.15, 0.2) is 24.3 Å². The molecule has 1 aromatic carbocycles. The molecule has 1 amide bonds. The number of halogens is 2. The third-order valence-electron chi connectivity index (χ3n) is 2.05. The molecule has 0 aliphatic heterocycles. The molecular weight excluding hydrogens is 261 g/mol. The largest absolute Gasteiger partial charge is 0.449 e. The van der Waals surface area contributed by atoms with Gasteiger partial charge in [-0.05, 0) is 30.7 Å². The van der Waals surface area contributed by atoms with E-state index in [4.69, 9.17) is 17.3 Å². The fourth-order valence-corrected chi connectivity index (χ4v) is 1.24. The third kappa shape index (κ3) is 4.18. The van der Waals surface area contributed by atoms with Gasteiger partial charge in [-0.2, -0.15) is 0 Å². The molecule has 4 nitrogen and oxygen atoms in total. The molecule has 0 aliphatic rings. The SMILES string of the molecule is C[C@@H](OC(=O)/C=C/c1ccc(F)c(Cl)c1)C(N)=O. The van der Waals surface area contributed by atoms with Crippen molar-refractivity contribution >= 4 is 29.6 Å². The van der Waals surface area contributed by atoms with Crippen LogP contribution in [0.3, 0.4) is 0 Å². The first-order valence-electron chi connectivity index (χ1n) is 5.03. The van der Waals surface area contributed by atoms with E-state index in [9.17, 15) is 14.0 Å². The lowest BCUT2D eigenvalue weighted by Gasteiger charge is -2.06. The Morgan fingerprint density at radius 3 is 2.72 bits per heavy atom. The minimum absolute atomic E-state index is 0.0454. The van der Waals surface area contributed by atoms with E-state index in [1.165, 1.54) is 31.2 Å². The molecule has 0 bridgehead atoms. The molecule has 1 atom stereocenters. The Kier molecular flexibility index (Phi) is 4.85. The predicted octanol–water partition coefficient (Wildman–Crippen LogP) is 1.91. The fraction of sp³-hybridized carbons (Fsp3) is 0.167. The number of hydrogen-bond acceptors (Lipinski definition) is 3. The van der Waals surface area contributed by atoms with Crippen molar-refractivity contribution in [1.29, 1.82) is 0 Å². The standard InChI is InChI=1S/C12H11ClFNO3/c1-7(12(15)17)18-11(16)5-3-8-2-4-10(14)9(13)6-8/h2-7H,1H3,(H2,15,17)/b5-3+/t7-/m1/s1. The molecule has 2 N–H and O–H groups in total. The summed E-state index contributed by atoms with van der Waals surface area (Å²) in [5, 5.41) is -0.0454. The van der Waals surface area contributed by atoms with Crippen LogP contribution in [0.1, 0.15) is 12.5 Å². The fourth-order valence-electron chi connectivity index (χ4n) is 1.05. The molecule has 0 heterocycles. The number of benzene rings is 1. The summed E-state index contributed by atoms with van der Waals surface area (Å²) in [4.78, 5) is 21.9. The van der Waals surface area contributed by atoms with Crippen LogP contribution in [0.5, 0.6) is 0 Å². The molecule has 0 saturated heterocycles. The second-order valence-corrected chi connectivity index (χ2v) is 3.90. The van der Waals surface area contributed by atoms with Crippen molar-refractivity contribution in [1.82, 2.24) is 0 Å². The molecule has 0 aromatic heterocycles. The van der Waals surface area contributed by atoms with E-state index in [-0.39, 0.29) is 5.02 Å². The van der Waals surface area contributed by atoms with Crippen molar-refractivity contribution < 1.29 is 18.7 Å². The molecular formula is C12H11ClFNO3. The number of carbonyl (C=O) groups excluding carboxylic acids is 2. The Labute approximate surface area is 108 Å². The van der Waals surface area contributed by atoms with Gasteiger partial charge in [-0.3, -0.25) is 4.79 Å². The summed E-state index contributed by atoms with van der Waals surface area (Å²) in [6.45, 7) is 1.36. The normalized spacial score (nSPS) is 12.4. The highest BCUT2D eigenvalue weighted by atomic mass is 35.5. The van der Waals surface area contributed by atoms with Gasteiger partial charge >= 0.3 is 5.97 Å². The van der Waals surface area contributed by atoms with Crippen LogP contribution < -0.4 is 5.73 Å². The summed E-state index contributed by atoms with van der Waals surface area (Å²) in [6, 6.07) is 3.99. The molecule has 0 fully saturated rings. The van der Waals surface area contributed by atoms with Gasteiger partial charge in [0.1, 0.15) is 5.82 Å². The molecule has 0 spiro atoms. The summed E-state index contributed by atoms with van der Waals surface area (Å²) in [5.41, 5.74) is 5.46. The third-order valence-corrected chi connectivity index (χ3v) is 2.34. The molecule has 0 aliphatic carbocycles. The van der Waals surface area contributed by atoms with Crippen molar-refractivity contribution in [3.8, 4) is 0 Å². The number of nitrogens with two attached hydrogens (primary N) is 1. The van der Waals surface area contributed by atoms with Crippen molar-refractivity contribution in [3.63, 3.8) is 0 Å². The number of rotatable bonds is 4. The maximum absolute atomic E-state index is 12.9. The highest BCUT2D eigenvalue weighted by Crippen LogP contribution is 2.16. The Balaban J connectivity index is 2.66. The van der Waals surface area contributed by atoms with E-state index in [1.54, 1.807) is 0 Å². The quantitative estimate of drug-likeness (QED) is 0.672. The van der Waals surface area contributed by atoms with E-state index in [1.807, 2.05) is 0 Å². The Hall–Kier alpha value is -1.88. The van der Waals surface area contributed by atoms with Gasteiger partial charge < -0.3 is 10.5 Å². The summed E-state index contributed by atoms with van der Waals surface area (Å²) in [7, 11) is 0. The van der Waals surface area contributed by atoms with Crippen LogP contribution in [-0.4, -0.2) is 18.0 Å². The number of hydrogen-bond donors (Lipinski definition) is 1. The summed E-state index contributed by atoms with van der Waals surface area (Å²) in [5.74, 6) is -2.00. The van der Waals surface area contributed by atoms with Crippen LogP contribution in [0.4, 0.5) is 4.39 Å². The summed E-state index contributed by atoms with van der Waals surface area (Å²) < 4.78 is 17.5. The molecule has 1 rings (SSSR count). The van der Waals surface area contributed by atoms with Crippen LogP contribution >= 0.6 is 11.6 Å². The van der Waals surface area contributed by atoms with E-state index < -0.39 is 23.8 Å². The van der Waals surface area contributed by atoms with E-state index in [0.29, 0.717) is 5.56 Å². The monoisotopic (exact) mass is 271 g/mol. The second kappa shape index (κ2) is 6.16. The highest BCUT2D eigenvalue weighted by Gasteiger charge is 2.12. The number of ether oxygens (including phenoxy) is 1. The zero-order chi connectivity index (χ0) is 13.7. The maximum atomic E-state index is 12.9. The van der Waals surface area contributed by atoms with Crippen molar-refractivity contribution in [3.05, 3.63) is 40.7 Å². The molecule has 1 aromatic rings. The first-order chi connectivity index (χ1) is 8.40. The van der Waals surface area contributed by atoms with Gasteiger partial charge in [-0.1, -0.05) is 17.7 Å². The number of primary amides is 1. The summed E-state index contributed by atoms with van der Waals surface area (Å²) >= 11 is 5.57. The van der Waals surface area contributed by atoms with E-state index in [2.05, 4.69) is 4.74 Å². The first kappa shape index (κ1) is 14.2. The van der Waals surface area contributed by atoms with Gasteiger partial charge in [-0.25, -0.2) is 9.18 Å². The zero-order valence-corrected chi connectivity index (χ0v) is 10.3. The predicted molar refractivity (Wildman–Crippen MR) is 65.2 cm³/mol. The van der Waals surface area contributed by atoms with Gasteiger partial charge in [0.25, 0.3) is 5.91 Å². The van der Waals surface area contributed by atoms with Crippen molar-refractivity contribution in [2.24, 2.45) is 5.73 Å². The van der Waals surface area contributed by atoms with Crippen LogP contribution in [-0.2, 0) is 14.3 Å².